The topological polar surface area (TPSA) is 75.7 Å². The lowest BCUT2D eigenvalue weighted by molar-refractivity contribution is -0.131. The number of nitrogens with zero attached hydrogens (tertiary/aromatic N) is 1. The highest BCUT2D eigenvalue weighted by Gasteiger charge is 2.47. The summed E-state index contributed by atoms with van der Waals surface area (Å²) in [6, 6.07) is 14.6. The molecule has 28 heavy (non-hydrogen) atoms. The van der Waals surface area contributed by atoms with Crippen LogP contribution in [0.3, 0.4) is 0 Å². The summed E-state index contributed by atoms with van der Waals surface area (Å²) in [5.74, 6) is -1.43. The van der Waals surface area contributed by atoms with Crippen molar-refractivity contribution in [3.05, 3.63) is 71.3 Å². The number of benzene rings is 2. The van der Waals surface area contributed by atoms with Crippen molar-refractivity contribution >= 4 is 17.7 Å². The minimum atomic E-state index is -1.14. The van der Waals surface area contributed by atoms with Crippen molar-refractivity contribution < 1.29 is 19.1 Å². The standard InChI is InChI=1S/C22H24N2O4/c1-22(2,3)23-19(25)17(18(28-4)14-10-6-5-7-11-14)24-20(26)15-12-8-9-13-16(15)21(24)27/h5-13,17-18H,1-4H3,(H,23,25). The summed E-state index contributed by atoms with van der Waals surface area (Å²) in [6.07, 6.45) is -0.800. The van der Waals surface area contributed by atoms with Gasteiger partial charge in [0.15, 0.2) is 0 Å². The Morgan fingerprint density at radius 3 is 1.89 bits per heavy atom. The van der Waals surface area contributed by atoms with Gasteiger partial charge in [0, 0.05) is 12.6 Å². The van der Waals surface area contributed by atoms with Crippen molar-refractivity contribution in [1.29, 1.82) is 0 Å². The van der Waals surface area contributed by atoms with Gasteiger partial charge in [0.25, 0.3) is 11.8 Å². The molecule has 3 amide bonds. The Balaban J connectivity index is 2.08. The Morgan fingerprint density at radius 2 is 1.43 bits per heavy atom. The molecule has 1 N–H and O–H groups in total. The van der Waals surface area contributed by atoms with E-state index in [4.69, 9.17) is 4.74 Å². The fourth-order valence-corrected chi connectivity index (χ4v) is 3.38. The third kappa shape index (κ3) is 3.68. The van der Waals surface area contributed by atoms with E-state index in [2.05, 4.69) is 5.32 Å². The van der Waals surface area contributed by atoms with Crippen molar-refractivity contribution in [2.45, 2.75) is 38.5 Å². The molecule has 0 fully saturated rings. The summed E-state index contributed by atoms with van der Waals surface area (Å²) < 4.78 is 5.64. The van der Waals surface area contributed by atoms with Gasteiger partial charge in [0.1, 0.15) is 12.1 Å². The maximum Gasteiger partial charge on any atom is 0.262 e. The first-order valence-electron chi connectivity index (χ1n) is 9.11. The number of nitrogens with one attached hydrogen (secondary N) is 1. The van der Waals surface area contributed by atoms with E-state index in [9.17, 15) is 14.4 Å². The number of rotatable bonds is 5. The first-order valence-corrected chi connectivity index (χ1v) is 9.11. The van der Waals surface area contributed by atoms with E-state index in [1.807, 2.05) is 51.1 Å². The Morgan fingerprint density at radius 1 is 0.929 bits per heavy atom. The van der Waals surface area contributed by atoms with Crippen LogP contribution >= 0.6 is 0 Å². The molecule has 0 radical (unpaired) electrons. The molecule has 6 nitrogen and oxygen atoms in total. The molecule has 0 saturated heterocycles. The van der Waals surface area contributed by atoms with Gasteiger partial charge in [-0.1, -0.05) is 42.5 Å². The lowest BCUT2D eigenvalue weighted by atomic mass is 9.98. The van der Waals surface area contributed by atoms with Crippen LogP contribution in [0.2, 0.25) is 0 Å². The van der Waals surface area contributed by atoms with Gasteiger partial charge < -0.3 is 10.1 Å². The van der Waals surface area contributed by atoms with Gasteiger partial charge in [-0.25, -0.2) is 0 Å². The first kappa shape index (κ1) is 19.8. The molecule has 1 aliphatic heterocycles. The van der Waals surface area contributed by atoms with Crippen LogP contribution in [0.15, 0.2) is 54.6 Å². The van der Waals surface area contributed by atoms with Gasteiger partial charge in [0.05, 0.1) is 11.1 Å². The smallest absolute Gasteiger partial charge is 0.262 e. The van der Waals surface area contributed by atoms with Crippen LogP contribution in [0.1, 0.15) is 53.2 Å². The van der Waals surface area contributed by atoms with E-state index >= 15 is 0 Å². The molecule has 0 aliphatic carbocycles. The normalized spacial score (nSPS) is 15.9. The molecule has 2 unspecified atom stereocenters. The van der Waals surface area contributed by atoms with E-state index in [0.717, 1.165) is 4.90 Å². The minimum absolute atomic E-state index is 0.295. The largest absolute Gasteiger partial charge is 0.374 e. The van der Waals surface area contributed by atoms with Crippen LogP contribution in [-0.4, -0.2) is 41.3 Å². The van der Waals surface area contributed by atoms with Crippen LogP contribution < -0.4 is 5.32 Å². The Kier molecular flexibility index (Phi) is 5.34. The molecule has 1 aliphatic rings. The summed E-state index contributed by atoms with van der Waals surface area (Å²) in [7, 11) is 1.47. The highest BCUT2D eigenvalue weighted by molar-refractivity contribution is 6.23. The average Bonchev–Trinajstić information content (AvgIpc) is 2.90. The summed E-state index contributed by atoms with van der Waals surface area (Å²) in [6.45, 7) is 5.53. The van der Waals surface area contributed by atoms with Gasteiger partial charge >= 0.3 is 0 Å². The Bertz CT molecular complexity index is 867. The van der Waals surface area contributed by atoms with Crippen molar-refractivity contribution in [1.82, 2.24) is 10.2 Å². The van der Waals surface area contributed by atoms with Crippen molar-refractivity contribution in [3.8, 4) is 0 Å². The number of hydrogen-bond acceptors (Lipinski definition) is 4. The van der Waals surface area contributed by atoms with Crippen molar-refractivity contribution in [3.63, 3.8) is 0 Å². The van der Waals surface area contributed by atoms with Gasteiger partial charge in [-0.3, -0.25) is 19.3 Å². The Labute approximate surface area is 164 Å². The molecule has 2 aromatic rings. The minimum Gasteiger partial charge on any atom is -0.374 e. The maximum atomic E-state index is 13.2. The Hall–Kier alpha value is -2.99. The van der Waals surface area contributed by atoms with Gasteiger partial charge in [-0.2, -0.15) is 0 Å². The summed E-state index contributed by atoms with van der Waals surface area (Å²) in [5.41, 5.74) is 0.756. The lowest BCUT2D eigenvalue weighted by Gasteiger charge is -2.34. The number of ether oxygens (including phenoxy) is 1. The zero-order chi connectivity index (χ0) is 20.5. The fourth-order valence-electron chi connectivity index (χ4n) is 3.38. The molecular formula is C22H24N2O4. The number of carbonyl (C=O) groups excluding carboxylic acids is 3. The molecule has 2 atom stereocenters. The third-order valence-electron chi connectivity index (χ3n) is 4.54. The molecule has 0 aromatic heterocycles. The fraction of sp³-hybridized carbons (Fsp3) is 0.318. The van der Waals surface area contributed by atoms with E-state index in [1.165, 1.54) is 7.11 Å². The molecule has 6 heteroatoms. The van der Waals surface area contributed by atoms with Crippen molar-refractivity contribution in [2.75, 3.05) is 7.11 Å². The molecule has 0 spiro atoms. The number of fused-ring (bicyclic) bond motifs is 1. The van der Waals surface area contributed by atoms with Crippen LogP contribution in [0, 0.1) is 0 Å². The average molecular weight is 380 g/mol. The van der Waals surface area contributed by atoms with E-state index < -0.39 is 35.4 Å². The molecule has 1 heterocycles. The second-order valence-electron chi connectivity index (χ2n) is 7.78. The van der Waals surface area contributed by atoms with E-state index in [-0.39, 0.29) is 0 Å². The van der Waals surface area contributed by atoms with Gasteiger partial charge in [0.2, 0.25) is 5.91 Å². The summed E-state index contributed by atoms with van der Waals surface area (Å²) in [4.78, 5) is 40.3. The first-order chi connectivity index (χ1) is 13.2. The molecule has 146 valence electrons. The summed E-state index contributed by atoms with van der Waals surface area (Å²) in [5, 5.41) is 2.88. The van der Waals surface area contributed by atoms with Crippen LogP contribution in [0.25, 0.3) is 0 Å². The van der Waals surface area contributed by atoms with E-state index in [1.54, 1.807) is 24.3 Å². The predicted octanol–water partition coefficient (Wildman–Crippen LogP) is 2.95. The number of methoxy groups -OCH3 is 1. The van der Waals surface area contributed by atoms with Crippen LogP contribution in [0.5, 0.6) is 0 Å². The lowest BCUT2D eigenvalue weighted by Crippen LogP contribution is -2.56. The second-order valence-corrected chi connectivity index (χ2v) is 7.78. The monoisotopic (exact) mass is 380 g/mol. The molecule has 3 rings (SSSR count). The van der Waals surface area contributed by atoms with Gasteiger partial charge in [-0.05, 0) is 38.5 Å². The quantitative estimate of drug-likeness (QED) is 0.809. The molecule has 2 aromatic carbocycles. The highest BCUT2D eigenvalue weighted by atomic mass is 16.5. The van der Waals surface area contributed by atoms with Crippen molar-refractivity contribution in [2.24, 2.45) is 0 Å². The number of carbonyl (C=O) groups is 3. The molecule has 0 bridgehead atoms. The number of imide groups is 1. The third-order valence-corrected chi connectivity index (χ3v) is 4.54. The SMILES string of the molecule is COC(c1ccccc1)C(C(=O)NC(C)(C)C)N1C(=O)c2ccccc2C1=O. The predicted molar refractivity (Wildman–Crippen MR) is 105 cm³/mol. The zero-order valence-corrected chi connectivity index (χ0v) is 16.4. The van der Waals surface area contributed by atoms with Crippen LogP contribution in [0.4, 0.5) is 0 Å². The van der Waals surface area contributed by atoms with Crippen LogP contribution in [-0.2, 0) is 9.53 Å². The second kappa shape index (κ2) is 7.56. The van der Waals surface area contributed by atoms with E-state index in [0.29, 0.717) is 16.7 Å². The zero-order valence-electron chi connectivity index (χ0n) is 16.4. The summed E-state index contributed by atoms with van der Waals surface area (Å²) >= 11 is 0. The molecule has 0 saturated carbocycles. The number of hydrogen-bond donors (Lipinski definition) is 1. The molecular weight excluding hydrogens is 356 g/mol. The maximum absolute atomic E-state index is 13.2. The number of amides is 3. The highest BCUT2D eigenvalue weighted by Crippen LogP contribution is 2.32. The van der Waals surface area contributed by atoms with Gasteiger partial charge in [-0.15, -0.1) is 0 Å².